The first-order valence-corrected chi connectivity index (χ1v) is 8.01. The van der Waals surface area contributed by atoms with Crippen LogP contribution in [0.2, 0.25) is 0 Å². The molecule has 0 bridgehead atoms. The molecule has 0 saturated carbocycles. The molecule has 2 rings (SSSR count). The second-order valence-corrected chi connectivity index (χ2v) is 6.40. The summed E-state index contributed by atoms with van der Waals surface area (Å²) in [5, 5.41) is 2.32. The lowest BCUT2D eigenvalue weighted by molar-refractivity contribution is -0.137. The zero-order valence-electron chi connectivity index (χ0n) is 14.1. The van der Waals surface area contributed by atoms with Gasteiger partial charge in [-0.2, -0.15) is 0 Å². The van der Waals surface area contributed by atoms with Crippen LogP contribution in [0.1, 0.15) is 54.3 Å². The van der Waals surface area contributed by atoms with Gasteiger partial charge in [-0.25, -0.2) is 0 Å². The normalized spacial score (nSPS) is 20.2. The number of hydrogen-bond donors (Lipinski definition) is 2. The molecule has 3 N–H and O–H groups in total. The summed E-state index contributed by atoms with van der Waals surface area (Å²) in [5.74, 6) is -2.24. The molecule has 1 aromatic carbocycles. The van der Waals surface area contributed by atoms with E-state index in [1.165, 1.54) is 6.92 Å². The van der Waals surface area contributed by atoms with Crippen LogP contribution in [0.5, 0.6) is 0 Å². The summed E-state index contributed by atoms with van der Waals surface area (Å²) >= 11 is 0. The third-order valence-electron chi connectivity index (χ3n) is 4.83. The van der Waals surface area contributed by atoms with E-state index in [1.807, 2.05) is 6.92 Å². The molecule has 0 spiro atoms. The maximum absolute atomic E-state index is 12.9. The van der Waals surface area contributed by atoms with Gasteiger partial charge in [0.1, 0.15) is 0 Å². The topological polar surface area (TPSA) is 106 Å². The highest BCUT2D eigenvalue weighted by atomic mass is 16.2. The Kier molecular flexibility index (Phi) is 5.17. The van der Waals surface area contributed by atoms with Gasteiger partial charge < -0.3 is 5.73 Å². The first-order valence-electron chi connectivity index (χ1n) is 8.01. The summed E-state index contributed by atoms with van der Waals surface area (Å²) < 4.78 is 0. The van der Waals surface area contributed by atoms with E-state index in [-0.39, 0.29) is 52.5 Å². The van der Waals surface area contributed by atoms with Crippen LogP contribution in [0.15, 0.2) is 18.2 Å². The number of imide groups is 1. The van der Waals surface area contributed by atoms with Gasteiger partial charge in [-0.3, -0.25) is 24.5 Å². The summed E-state index contributed by atoms with van der Waals surface area (Å²) in [6.07, 6.45) is 0.707. The Labute approximate surface area is 140 Å². The number of nitrogens with one attached hydrogen (secondary N) is 1. The number of carbonyl (C=O) groups is 4. The third-order valence-corrected chi connectivity index (χ3v) is 4.83. The van der Waals surface area contributed by atoms with Crippen LogP contribution in [-0.2, 0) is 9.59 Å². The number of ketones is 2. The maximum atomic E-state index is 12.9. The minimum absolute atomic E-state index is 0.218. The van der Waals surface area contributed by atoms with Crippen molar-refractivity contribution in [3.8, 4) is 0 Å². The molecule has 128 valence electrons. The molecule has 6 nitrogen and oxygen atoms in total. The van der Waals surface area contributed by atoms with Crippen LogP contribution in [0.4, 0.5) is 5.69 Å². The Hall–Kier alpha value is -2.50. The second kappa shape index (κ2) is 6.95. The average molecular weight is 330 g/mol. The van der Waals surface area contributed by atoms with Gasteiger partial charge in [0.25, 0.3) is 0 Å². The van der Waals surface area contributed by atoms with Gasteiger partial charge in [0.15, 0.2) is 11.6 Å². The highest BCUT2D eigenvalue weighted by Crippen LogP contribution is 2.31. The van der Waals surface area contributed by atoms with Crippen molar-refractivity contribution in [1.82, 2.24) is 5.32 Å². The Morgan fingerprint density at radius 2 is 1.92 bits per heavy atom. The monoisotopic (exact) mass is 330 g/mol. The van der Waals surface area contributed by atoms with E-state index < -0.39 is 11.8 Å². The number of Topliss-reactive ketones (excluding diaryl/α,β-unsaturated/α-hetero) is 2. The van der Waals surface area contributed by atoms with E-state index in [2.05, 4.69) is 5.32 Å². The molecule has 1 aliphatic heterocycles. The number of rotatable bonds is 5. The quantitative estimate of drug-likeness (QED) is 0.488. The van der Waals surface area contributed by atoms with Gasteiger partial charge in [-0.1, -0.05) is 26.0 Å². The van der Waals surface area contributed by atoms with E-state index in [0.717, 1.165) is 0 Å². The third kappa shape index (κ3) is 3.37. The predicted molar refractivity (Wildman–Crippen MR) is 89.4 cm³/mol. The lowest BCUT2D eigenvalue weighted by Gasteiger charge is -2.30. The number of benzene rings is 1. The van der Waals surface area contributed by atoms with E-state index >= 15 is 0 Å². The Morgan fingerprint density at radius 3 is 2.50 bits per heavy atom. The molecule has 1 fully saturated rings. The van der Waals surface area contributed by atoms with Gasteiger partial charge in [0.2, 0.25) is 11.8 Å². The van der Waals surface area contributed by atoms with E-state index in [1.54, 1.807) is 25.1 Å². The van der Waals surface area contributed by atoms with Gasteiger partial charge in [-0.05, 0) is 25.3 Å². The number of piperidine rings is 1. The lowest BCUT2D eigenvalue weighted by Crippen LogP contribution is -2.45. The maximum Gasteiger partial charge on any atom is 0.229 e. The first kappa shape index (κ1) is 17.8. The van der Waals surface area contributed by atoms with Crippen LogP contribution >= 0.6 is 0 Å². The summed E-state index contributed by atoms with van der Waals surface area (Å²) in [4.78, 5) is 48.0. The molecular weight excluding hydrogens is 308 g/mol. The number of anilines is 1. The van der Waals surface area contributed by atoms with Gasteiger partial charge in [0.05, 0.1) is 5.56 Å². The van der Waals surface area contributed by atoms with Crippen molar-refractivity contribution in [1.29, 1.82) is 0 Å². The first-order chi connectivity index (χ1) is 11.2. The zero-order valence-corrected chi connectivity index (χ0v) is 14.1. The number of nitrogen functional groups attached to an aromatic ring is 1. The minimum atomic E-state index is -0.478. The van der Waals surface area contributed by atoms with Crippen LogP contribution in [-0.4, -0.2) is 23.4 Å². The SMILES string of the molecule is CC(=O)c1c(N)cccc1C(=O)C(C)C(C)C1CCC(=O)NC1=O. The molecule has 3 unspecified atom stereocenters. The van der Waals surface area contributed by atoms with Crippen molar-refractivity contribution < 1.29 is 19.2 Å². The number of amides is 2. The molecule has 1 saturated heterocycles. The van der Waals surface area contributed by atoms with Gasteiger partial charge in [0, 0.05) is 29.5 Å². The molecular formula is C18H22N2O4. The highest BCUT2D eigenvalue weighted by Gasteiger charge is 2.36. The van der Waals surface area contributed by atoms with E-state index in [9.17, 15) is 19.2 Å². The van der Waals surface area contributed by atoms with Crippen LogP contribution in [0, 0.1) is 17.8 Å². The smallest absolute Gasteiger partial charge is 0.229 e. The summed E-state index contributed by atoms with van der Waals surface area (Å²) in [7, 11) is 0. The van der Waals surface area contributed by atoms with Crippen molar-refractivity contribution >= 4 is 29.1 Å². The van der Waals surface area contributed by atoms with E-state index in [4.69, 9.17) is 5.73 Å². The summed E-state index contributed by atoms with van der Waals surface area (Å²) in [6.45, 7) is 4.93. The Morgan fingerprint density at radius 1 is 1.25 bits per heavy atom. The Balaban J connectivity index is 2.27. The fourth-order valence-electron chi connectivity index (χ4n) is 3.21. The Bertz CT molecular complexity index is 711. The molecule has 2 amide bonds. The second-order valence-electron chi connectivity index (χ2n) is 6.40. The largest absolute Gasteiger partial charge is 0.398 e. The summed E-state index contributed by atoms with van der Waals surface area (Å²) in [5.41, 5.74) is 6.63. The number of nitrogens with two attached hydrogens (primary N) is 1. The van der Waals surface area contributed by atoms with Crippen molar-refractivity contribution in [3.63, 3.8) is 0 Å². The lowest BCUT2D eigenvalue weighted by atomic mass is 9.76. The van der Waals surface area contributed by atoms with Crippen LogP contribution in [0.25, 0.3) is 0 Å². The van der Waals surface area contributed by atoms with Crippen LogP contribution in [0.3, 0.4) is 0 Å². The van der Waals surface area contributed by atoms with Crippen LogP contribution < -0.4 is 11.1 Å². The standard InChI is InChI=1S/C18H22N2O4/c1-9(12-7-8-15(22)20-18(12)24)10(2)17(23)13-5-4-6-14(19)16(13)11(3)21/h4-6,9-10,12H,7-8,19H2,1-3H3,(H,20,22,24). The molecule has 0 aliphatic carbocycles. The van der Waals surface area contributed by atoms with E-state index in [0.29, 0.717) is 6.42 Å². The van der Waals surface area contributed by atoms with Crippen molar-refractivity contribution in [2.24, 2.45) is 17.8 Å². The molecule has 3 atom stereocenters. The van der Waals surface area contributed by atoms with Crippen molar-refractivity contribution in [3.05, 3.63) is 29.3 Å². The molecule has 1 aliphatic rings. The van der Waals surface area contributed by atoms with Crippen molar-refractivity contribution in [2.45, 2.75) is 33.6 Å². The predicted octanol–water partition coefficient (Wildman–Crippen LogP) is 1.98. The number of hydrogen-bond acceptors (Lipinski definition) is 5. The molecule has 1 aromatic rings. The molecule has 0 aromatic heterocycles. The zero-order chi connectivity index (χ0) is 18.0. The highest BCUT2D eigenvalue weighted by molar-refractivity contribution is 6.12. The average Bonchev–Trinajstić information content (AvgIpc) is 2.52. The molecule has 24 heavy (non-hydrogen) atoms. The molecule has 1 heterocycles. The molecule has 0 radical (unpaired) electrons. The number of carbonyl (C=O) groups excluding carboxylic acids is 4. The fourth-order valence-corrected chi connectivity index (χ4v) is 3.21. The van der Waals surface area contributed by atoms with Crippen molar-refractivity contribution in [2.75, 3.05) is 5.73 Å². The fraction of sp³-hybridized carbons (Fsp3) is 0.444. The van der Waals surface area contributed by atoms with Gasteiger partial charge >= 0.3 is 0 Å². The minimum Gasteiger partial charge on any atom is -0.398 e. The summed E-state index contributed by atoms with van der Waals surface area (Å²) in [6, 6.07) is 4.81. The van der Waals surface area contributed by atoms with Gasteiger partial charge in [-0.15, -0.1) is 0 Å². The molecule has 6 heteroatoms.